The van der Waals surface area contributed by atoms with Crippen molar-refractivity contribution in [1.29, 1.82) is 0 Å². The highest BCUT2D eigenvalue weighted by molar-refractivity contribution is 8.82. The number of hydrogen-bond donors (Lipinski definition) is 1. The quantitative estimate of drug-likeness (QED) is 0.617. The molecule has 1 heterocycles. The summed E-state index contributed by atoms with van der Waals surface area (Å²) in [5.74, 6) is 0. The van der Waals surface area contributed by atoms with Gasteiger partial charge in [0.05, 0.1) is 4.58 Å². The van der Waals surface area contributed by atoms with Crippen LogP contribution >= 0.6 is 44.2 Å². The van der Waals surface area contributed by atoms with Gasteiger partial charge in [0.25, 0.3) is 0 Å². The van der Waals surface area contributed by atoms with Gasteiger partial charge in [-0.05, 0) is 47.4 Å². The highest BCUT2D eigenvalue weighted by Gasteiger charge is 2.16. The van der Waals surface area contributed by atoms with Crippen molar-refractivity contribution in [3.8, 4) is 0 Å². The summed E-state index contributed by atoms with van der Waals surface area (Å²) in [6.45, 7) is 0. The summed E-state index contributed by atoms with van der Waals surface area (Å²) in [4.78, 5) is 2.82. The van der Waals surface area contributed by atoms with Gasteiger partial charge in [0.1, 0.15) is 0 Å². The van der Waals surface area contributed by atoms with Crippen molar-refractivity contribution in [1.82, 2.24) is 0 Å². The van der Waals surface area contributed by atoms with Gasteiger partial charge in [0.2, 0.25) is 0 Å². The molecule has 1 aliphatic rings. The number of hydrogen-bond acceptors (Lipinski definition) is 3. The topological polar surface area (TPSA) is 0 Å². The standard InChI is InChI=1S/C12H16S4/c1-16(2,3)10-6-4-9(5-7-10)11-8-12(13)15-14-11/h4-8,12-13H,1-3H3. The smallest absolute Gasteiger partial charge is 0.0773 e. The summed E-state index contributed by atoms with van der Waals surface area (Å²) < 4.78 is 0.341. The zero-order valence-corrected chi connectivity index (χ0v) is 13.0. The van der Waals surface area contributed by atoms with E-state index in [0.29, 0.717) is 4.58 Å². The first-order valence-electron chi connectivity index (χ1n) is 4.99. The van der Waals surface area contributed by atoms with Gasteiger partial charge in [-0.25, -0.2) is 10.0 Å². The van der Waals surface area contributed by atoms with Gasteiger partial charge in [-0.2, -0.15) is 12.6 Å². The average molecular weight is 289 g/mol. The molecule has 88 valence electrons. The lowest BCUT2D eigenvalue weighted by Gasteiger charge is -2.25. The van der Waals surface area contributed by atoms with Gasteiger partial charge >= 0.3 is 0 Å². The monoisotopic (exact) mass is 288 g/mol. The molecule has 0 aliphatic carbocycles. The van der Waals surface area contributed by atoms with Crippen molar-refractivity contribution in [3.05, 3.63) is 35.9 Å². The van der Waals surface area contributed by atoms with E-state index in [1.54, 1.807) is 10.8 Å². The van der Waals surface area contributed by atoms with E-state index in [4.69, 9.17) is 0 Å². The van der Waals surface area contributed by atoms with E-state index in [1.165, 1.54) is 15.4 Å². The minimum absolute atomic E-state index is 0.341. The van der Waals surface area contributed by atoms with Gasteiger partial charge in [-0.3, -0.25) is 0 Å². The zero-order valence-electron chi connectivity index (χ0n) is 9.64. The highest BCUT2D eigenvalue weighted by Crippen LogP contribution is 2.49. The molecule has 0 radical (unpaired) electrons. The summed E-state index contributed by atoms with van der Waals surface area (Å²) in [5, 5.41) is 0. The largest absolute Gasteiger partial charge is 0.223 e. The average Bonchev–Trinajstić information content (AvgIpc) is 2.64. The molecule has 1 aliphatic heterocycles. The van der Waals surface area contributed by atoms with Crippen molar-refractivity contribution in [2.75, 3.05) is 18.8 Å². The molecule has 0 aromatic heterocycles. The lowest BCUT2D eigenvalue weighted by atomic mass is 10.2. The second kappa shape index (κ2) is 4.92. The summed E-state index contributed by atoms with van der Waals surface area (Å²) in [6.07, 6.45) is 9.19. The minimum atomic E-state index is -0.600. The first-order valence-corrected chi connectivity index (χ1v) is 10.6. The van der Waals surface area contributed by atoms with Crippen molar-refractivity contribution in [3.63, 3.8) is 0 Å². The van der Waals surface area contributed by atoms with Gasteiger partial charge in [0, 0.05) is 4.91 Å². The van der Waals surface area contributed by atoms with Crippen LogP contribution in [0.5, 0.6) is 0 Å². The van der Waals surface area contributed by atoms with Crippen LogP contribution < -0.4 is 0 Å². The predicted octanol–water partition coefficient (Wildman–Crippen LogP) is 4.73. The van der Waals surface area contributed by atoms with Crippen molar-refractivity contribution in [2.45, 2.75) is 9.48 Å². The molecule has 1 atom stereocenters. The fourth-order valence-electron chi connectivity index (χ4n) is 1.46. The Morgan fingerprint density at radius 1 is 1.12 bits per heavy atom. The molecule has 0 spiro atoms. The lowest BCUT2D eigenvalue weighted by molar-refractivity contribution is 1.42. The molecule has 1 aromatic rings. The molecule has 0 nitrogen and oxygen atoms in total. The molecule has 0 N–H and O–H groups in total. The van der Waals surface area contributed by atoms with Crippen LogP contribution in [-0.4, -0.2) is 23.3 Å². The second-order valence-corrected chi connectivity index (χ2v) is 11.9. The van der Waals surface area contributed by atoms with E-state index >= 15 is 0 Å². The summed E-state index contributed by atoms with van der Waals surface area (Å²) >= 11 is 4.44. The molecule has 0 saturated carbocycles. The van der Waals surface area contributed by atoms with E-state index in [2.05, 4.69) is 61.7 Å². The Kier molecular flexibility index (Phi) is 3.94. The van der Waals surface area contributed by atoms with Crippen molar-refractivity contribution < 1.29 is 0 Å². The van der Waals surface area contributed by atoms with Gasteiger partial charge in [0.15, 0.2) is 0 Å². The van der Waals surface area contributed by atoms with Crippen LogP contribution in [-0.2, 0) is 0 Å². The molecule has 0 fully saturated rings. The molecule has 16 heavy (non-hydrogen) atoms. The Morgan fingerprint density at radius 2 is 1.75 bits per heavy atom. The predicted molar refractivity (Wildman–Crippen MR) is 86.0 cm³/mol. The Hall–Kier alpha value is 0.360. The van der Waals surface area contributed by atoms with E-state index < -0.39 is 10.0 Å². The van der Waals surface area contributed by atoms with E-state index in [9.17, 15) is 0 Å². The molecule has 0 saturated heterocycles. The molecule has 0 amide bonds. The molecule has 1 aromatic carbocycles. The third kappa shape index (κ3) is 2.97. The fraction of sp³-hybridized carbons (Fsp3) is 0.333. The van der Waals surface area contributed by atoms with Crippen LogP contribution in [0, 0.1) is 0 Å². The first-order chi connectivity index (χ1) is 7.47. The minimum Gasteiger partial charge on any atom is -0.223 e. The zero-order chi connectivity index (χ0) is 11.8. The molecule has 0 bridgehead atoms. The Labute approximate surface area is 113 Å². The second-order valence-electron chi connectivity index (χ2n) is 4.46. The van der Waals surface area contributed by atoms with Crippen LogP contribution in [0.1, 0.15) is 5.56 Å². The molecule has 4 heteroatoms. The van der Waals surface area contributed by atoms with Crippen LogP contribution in [0.3, 0.4) is 0 Å². The Bertz CT molecular complexity index is 400. The van der Waals surface area contributed by atoms with Gasteiger partial charge in [-0.1, -0.05) is 33.7 Å². The maximum atomic E-state index is 4.44. The van der Waals surface area contributed by atoms with E-state index in [-0.39, 0.29) is 0 Å². The fourth-order valence-corrected chi connectivity index (χ4v) is 5.18. The molecular weight excluding hydrogens is 272 g/mol. The van der Waals surface area contributed by atoms with Crippen LogP contribution in [0.2, 0.25) is 0 Å². The summed E-state index contributed by atoms with van der Waals surface area (Å²) in [5.41, 5.74) is 1.32. The normalized spacial score (nSPS) is 22.0. The molecular formula is C12H16S4. The number of rotatable bonds is 2. The molecule has 2 rings (SSSR count). The highest BCUT2D eigenvalue weighted by atomic mass is 33.1. The first kappa shape index (κ1) is 12.8. The maximum Gasteiger partial charge on any atom is 0.0773 e. The number of thiol groups is 1. The van der Waals surface area contributed by atoms with E-state index in [1.807, 2.05) is 10.8 Å². The van der Waals surface area contributed by atoms with E-state index in [0.717, 1.165) is 0 Å². The van der Waals surface area contributed by atoms with Crippen LogP contribution in [0.25, 0.3) is 4.91 Å². The van der Waals surface area contributed by atoms with Gasteiger partial charge < -0.3 is 0 Å². The van der Waals surface area contributed by atoms with Crippen LogP contribution in [0.15, 0.2) is 35.2 Å². The number of benzene rings is 1. The third-order valence-corrected chi connectivity index (χ3v) is 7.39. The maximum absolute atomic E-state index is 4.44. The van der Waals surface area contributed by atoms with Gasteiger partial charge in [-0.15, -0.1) is 0 Å². The Morgan fingerprint density at radius 3 is 2.19 bits per heavy atom. The third-order valence-electron chi connectivity index (χ3n) is 2.38. The molecule has 1 unspecified atom stereocenters. The summed E-state index contributed by atoms with van der Waals surface area (Å²) in [7, 11) is 3.03. The summed E-state index contributed by atoms with van der Waals surface area (Å²) in [6, 6.07) is 9.00. The van der Waals surface area contributed by atoms with Crippen molar-refractivity contribution >= 4 is 49.1 Å². The van der Waals surface area contributed by atoms with Crippen molar-refractivity contribution in [2.24, 2.45) is 0 Å². The SMILES string of the molecule is CS(C)(C)c1ccc(C2=CC(S)SS2)cc1. The van der Waals surface area contributed by atoms with Crippen LogP contribution in [0.4, 0.5) is 0 Å². The lowest BCUT2D eigenvalue weighted by Crippen LogP contribution is -1.92. The Balaban J connectivity index is 2.23.